The van der Waals surface area contributed by atoms with Crippen molar-refractivity contribution in [2.75, 3.05) is 41.0 Å². The Morgan fingerprint density at radius 3 is 1.95 bits per heavy atom. The largest absolute Gasteiger partial charge is 0.477 e. The first-order valence-corrected chi connectivity index (χ1v) is 15.2. The fourth-order valence-corrected chi connectivity index (χ4v) is 4.21. The molecule has 0 rings (SSSR count). The summed E-state index contributed by atoms with van der Waals surface area (Å²) in [6.45, 7) is 4.54. The van der Waals surface area contributed by atoms with Crippen LogP contribution in [0.1, 0.15) is 117 Å². The van der Waals surface area contributed by atoms with Crippen molar-refractivity contribution in [1.29, 1.82) is 0 Å². The van der Waals surface area contributed by atoms with E-state index in [1.165, 1.54) is 12.8 Å². The van der Waals surface area contributed by atoms with Gasteiger partial charge in [0.2, 0.25) is 0 Å². The van der Waals surface area contributed by atoms with Crippen LogP contribution in [0.3, 0.4) is 0 Å². The van der Waals surface area contributed by atoms with Crippen molar-refractivity contribution in [3.05, 3.63) is 12.2 Å². The highest BCUT2D eigenvalue weighted by Crippen LogP contribution is 2.12. The number of unbranched alkanes of at least 4 members (excludes halogenated alkanes) is 10. The minimum atomic E-state index is -0.880. The van der Waals surface area contributed by atoms with Gasteiger partial charge in [-0.2, -0.15) is 0 Å². The van der Waals surface area contributed by atoms with E-state index < -0.39 is 18.1 Å². The number of hydrogen-bond acceptors (Lipinski definition) is 6. The third-order valence-corrected chi connectivity index (χ3v) is 6.65. The SMILES string of the molecule is CCC/C=C\CCCCCCCC(=O)OC(COCCC(C(=O)O)[N+](C)(C)C)COC(=O)CCCCCCC. The monoisotopic (exact) mass is 556 g/mol. The molecule has 8 heteroatoms. The molecular weight excluding hydrogens is 498 g/mol. The summed E-state index contributed by atoms with van der Waals surface area (Å²) in [4.78, 5) is 36.2. The van der Waals surface area contributed by atoms with Crippen molar-refractivity contribution in [2.45, 2.75) is 129 Å². The molecule has 0 fully saturated rings. The van der Waals surface area contributed by atoms with E-state index in [4.69, 9.17) is 14.2 Å². The molecule has 2 unspecified atom stereocenters. The van der Waals surface area contributed by atoms with E-state index in [2.05, 4.69) is 26.0 Å². The average Bonchev–Trinajstić information content (AvgIpc) is 2.86. The molecule has 8 nitrogen and oxygen atoms in total. The molecule has 0 aromatic rings. The molecule has 0 aromatic carbocycles. The molecule has 0 radical (unpaired) electrons. The van der Waals surface area contributed by atoms with Crippen LogP contribution in [-0.4, -0.2) is 80.6 Å². The lowest BCUT2D eigenvalue weighted by molar-refractivity contribution is -0.887. The van der Waals surface area contributed by atoms with E-state index in [9.17, 15) is 19.5 Å². The Morgan fingerprint density at radius 2 is 1.33 bits per heavy atom. The van der Waals surface area contributed by atoms with Gasteiger partial charge in [0.25, 0.3) is 0 Å². The number of likely N-dealkylation sites (N-methyl/N-ethyl adjacent to an activating group) is 1. The normalized spacial score (nSPS) is 13.4. The van der Waals surface area contributed by atoms with Crippen LogP contribution in [0.5, 0.6) is 0 Å². The van der Waals surface area contributed by atoms with Gasteiger partial charge >= 0.3 is 17.9 Å². The van der Waals surface area contributed by atoms with E-state index in [1.807, 2.05) is 21.1 Å². The molecule has 0 heterocycles. The number of carbonyl (C=O) groups is 3. The second-order valence-corrected chi connectivity index (χ2v) is 11.4. The smallest absolute Gasteiger partial charge is 0.362 e. The summed E-state index contributed by atoms with van der Waals surface area (Å²) in [7, 11) is 5.49. The Kier molecular flexibility index (Phi) is 22.7. The van der Waals surface area contributed by atoms with Crippen molar-refractivity contribution in [1.82, 2.24) is 0 Å². The third-order valence-electron chi connectivity index (χ3n) is 6.65. The van der Waals surface area contributed by atoms with Crippen LogP contribution in [0.25, 0.3) is 0 Å². The molecule has 0 aliphatic rings. The first-order valence-electron chi connectivity index (χ1n) is 15.2. The van der Waals surface area contributed by atoms with E-state index >= 15 is 0 Å². The molecule has 0 aromatic heterocycles. The molecule has 0 spiro atoms. The molecule has 0 bridgehead atoms. The van der Waals surface area contributed by atoms with Crippen molar-refractivity contribution >= 4 is 17.9 Å². The van der Waals surface area contributed by atoms with E-state index in [-0.39, 0.29) is 36.2 Å². The zero-order valence-electron chi connectivity index (χ0n) is 25.6. The maximum Gasteiger partial charge on any atom is 0.362 e. The molecule has 1 N–H and O–H groups in total. The van der Waals surface area contributed by atoms with Gasteiger partial charge in [-0.15, -0.1) is 0 Å². The fourth-order valence-electron chi connectivity index (χ4n) is 4.21. The summed E-state index contributed by atoms with van der Waals surface area (Å²) in [6.07, 6.45) is 18.6. The number of ether oxygens (including phenoxy) is 3. The second-order valence-electron chi connectivity index (χ2n) is 11.4. The first-order chi connectivity index (χ1) is 18.6. The summed E-state index contributed by atoms with van der Waals surface area (Å²) in [5.74, 6) is -1.50. The molecule has 2 atom stereocenters. The molecule has 0 aliphatic carbocycles. The summed E-state index contributed by atoms with van der Waals surface area (Å²) in [6, 6.07) is -0.608. The maximum atomic E-state index is 12.5. The number of allylic oxidation sites excluding steroid dienone is 2. The Bertz CT molecular complexity index is 672. The van der Waals surface area contributed by atoms with Gasteiger partial charge in [-0.1, -0.05) is 77.4 Å². The summed E-state index contributed by atoms with van der Waals surface area (Å²) in [5, 5.41) is 9.49. The van der Waals surface area contributed by atoms with Gasteiger partial charge in [0.15, 0.2) is 12.1 Å². The highest BCUT2D eigenvalue weighted by molar-refractivity contribution is 5.72. The highest BCUT2D eigenvalue weighted by atomic mass is 16.6. The van der Waals surface area contributed by atoms with Gasteiger partial charge in [-0.3, -0.25) is 9.59 Å². The van der Waals surface area contributed by atoms with Gasteiger partial charge in [-0.05, 0) is 32.1 Å². The number of carbonyl (C=O) groups excluding carboxylic acids is 2. The van der Waals surface area contributed by atoms with E-state index in [0.717, 1.165) is 70.6 Å². The van der Waals surface area contributed by atoms with Gasteiger partial charge in [0.05, 0.1) is 34.4 Å². The van der Waals surface area contributed by atoms with Crippen LogP contribution in [0, 0.1) is 0 Å². The summed E-state index contributed by atoms with van der Waals surface area (Å²) < 4.78 is 16.9. The van der Waals surface area contributed by atoms with Crippen molar-refractivity contribution in [2.24, 2.45) is 0 Å². The quantitative estimate of drug-likeness (QED) is 0.0565. The van der Waals surface area contributed by atoms with Gasteiger partial charge in [0.1, 0.15) is 6.61 Å². The molecule has 228 valence electrons. The zero-order chi connectivity index (χ0) is 29.4. The Hall–Kier alpha value is -1.93. The highest BCUT2D eigenvalue weighted by Gasteiger charge is 2.31. The van der Waals surface area contributed by atoms with Crippen LogP contribution < -0.4 is 0 Å². The maximum absolute atomic E-state index is 12.5. The van der Waals surface area contributed by atoms with Crippen LogP contribution in [-0.2, 0) is 28.6 Å². The van der Waals surface area contributed by atoms with Crippen molar-refractivity contribution in [3.8, 4) is 0 Å². The zero-order valence-corrected chi connectivity index (χ0v) is 25.6. The lowest BCUT2D eigenvalue weighted by Crippen LogP contribution is -2.50. The van der Waals surface area contributed by atoms with Crippen LogP contribution in [0.2, 0.25) is 0 Å². The van der Waals surface area contributed by atoms with Crippen LogP contribution >= 0.6 is 0 Å². The topological polar surface area (TPSA) is 99.1 Å². The Balaban J connectivity index is 4.51. The number of hydrogen-bond donors (Lipinski definition) is 1. The number of nitrogens with zero attached hydrogens (tertiary/aromatic N) is 1. The number of rotatable bonds is 26. The standard InChI is InChI=1S/C31H57NO7/c1-6-8-10-12-13-14-15-16-18-20-22-30(34)39-27(26-38-29(33)21-19-17-11-9-7-2)25-37-24-23-28(31(35)36)32(3,4)5/h10,12,27-28H,6-9,11,13-26H2,1-5H3/p+1/b12-10-. The number of esters is 2. The predicted molar refractivity (Wildman–Crippen MR) is 155 cm³/mol. The minimum Gasteiger partial charge on any atom is -0.477 e. The fraction of sp³-hybridized carbons (Fsp3) is 0.839. The number of aliphatic carboxylic acids is 1. The summed E-state index contributed by atoms with van der Waals surface area (Å²) >= 11 is 0. The molecule has 0 amide bonds. The summed E-state index contributed by atoms with van der Waals surface area (Å²) in [5.41, 5.74) is 0. The predicted octanol–water partition coefficient (Wildman–Crippen LogP) is 6.46. The van der Waals surface area contributed by atoms with E-state index in [0.29, 0.717) is 19.3 Å². The Morgan fingerprint density at radius 1 is 0.744 bits per heavy atom. The average molecular weight is 557 g/mol. The minimum absolute atomic E-state index is 0.0528. The van der Waals surface area contributed by atoms with Crippen LogP contribution in [0.4, 0.5) is 0 Å². The third kappa shape index (κ3) is 22.6. The molecule has 0 saturated carbocycles. The van der Waals surface area contributed by atoms with Crippen molar-refractivity contribution < 1.29 is 38.2 Å². The van der Waals surface area contributed by atoms with Gasteiger partial charge < -0.3 is 23.8 Å². The van der Waals surface area contributed by atoms with Gasteiger partial charge in [-0.25, -0.2) is 4.79 Å². The Labute approximate surface area is 238 Å². The number of carboxylic acid groups (broad SMARTS) is 1. The van der Waals surface area contributed by atoms with Crippen LogP contribution in [0.15, 0.2) is 12.2 Å². The first kappa shape index (κ1) is 37.1. The molecular formula is C31H58NO7+. The molecule has 39 heavy (non-hydrogen) atoms. The van der Waals surface area contributed by atoms with Gasteiger partial charge in [0, 0.05) is 19.3 Å². The lowest BCUT2D eigenvalue weighted by Gasteiger charge is -2.31. The van der Waals surface area contributed by atoms with E-state index in [1.54, 1.807) is 0 Å². The second kappa shape index (κ2) is 23.9. The lowest BCUT2D eigenvalue weighted by atomic mass is 10.1. The number of quaternary nitrogens is 1. The molecule has 0 aliphatic heterocycles. The van der Waals surface area contributed by atoms with Crippen molar-refractivity contribution in [3.63, 3.8) is 0 Å². The molecule has 0 saturated heterocycles. The number of carboxylic acids is 1.